The van der Waals surface area contributed by atoms with Crippen LogP contribution in [-0.4, -0.2) is 51.9 Å². The van der Waals surface area contributed by atoms with E-state index in [4.69, 9.17) is 0 Å². The Labute approximate surface area is 174 Å². The van der Waals surface area contributed by atoms with E-state index in [0.29, 0.717) is 30.9 Å². The summed E-state index contributed by atoms with van der Waals surface area (Å²) in [5.74, 6) is -0.684. The molecule has 0 fully saturated rings. The molecule has 0 atom stereocenters. The van der Waals surface area contributed by atoms with Gasteiger partial charge in [-0.1, -0.05) is 11.6 Å². The number of fused-ring (bicyclic) bond motifs is 1. The zero-order chi connectivity index (χ0) is 21.8. The van der Waals surface area contributed by atoms with E-state index in [1.807, 2.05) is 38.9 Å². The predicted octanol–water partition coefficient (Wildman–Crippen LogP) is 2.56. The van der Waals surface area contributed by atoms with Crippen molar-refractivity contribution in [2.75, 3.05) is 27.2 Å². The van der Waals surface area contributed by atoms with Gasteiger partial charge in [0.05, 0.1) is 5.69 Å². The molecule has 158 valence electrons. The molecule has 0 unspecified atom stereocenters. The lowest BCUT2D eigenvalue weighted by molar-refractivity contribution is 0.0946. The summed E-state index contributed by atoms with van der Waals surface area (Å²) in [6.07, 6.45) is 5.22. The minimum Gasteiger partial charge on any atom is -0.349 e. The van der Waals surface area contributed by atoms with Crippen molar-refractivity contribution in [3.05, 3.63) is 70.2 Å². The Kier molecular flexibility index (Phi) is 6.47. The molecule has 1 aromatic carbocycles. The van der Waals surface area contributed by atoms with Crippen LogP contribution in [0.25, 0.3) is 16.9 Å². The molecular formula is C22H26FN5O2. The van der Waals surface area contributed by atoms with E-state index < -0.39 is 0 Å². The highest BCUT2D eigenvalue weighted by Crippen LogP contribution is 2.20. The fourth-order valence-corrected chi connectivity index (χ4v) is 2.98. The summed E-state index contributed by atoms with van der Waals surface area (Å²) in [5.41, 5.74) is 2.40. The Balaban J connectivity index is 2.07. The van der Waals surface area contributed by atoms with Crippen LogP contribution in [0, 0.1) is 5.82 Å². The van der Waals surface area contributed by atoms with Gasteiger partial charge in [0.15, 0.2) is 0 Å². The van der Waals surface area contributed by atoms with Crippen molar-refractivity contribution in [1.29, 1.82) is 0 Å². The molecule has 0 aliphatic carbocycles. The molecule has 8 heteroatoms. The average molecular weight is 411 g/mol. The topological polar surface area (TPSA) is 71.6 Å². The van der Waals surface area contributed by atoms with Gasteiger partial charge in [-0.3, -0.25) is 18.6 Å². The number of carbonyl (C=O) groups excluding carboxylic acids is 1. The Hall–Kier alpha value is -3.26. The zero-order valence-corrected chi connectivity index (χ0v) is 17.6. The second-order valence-corrected chi connectivity index (χ2v) is 7.63. The molecule has 3 aromatic rings. The monoisotopic (exact) mass is 411 g/mol. The van der Waals surface area contributed by atoms with E-state index in [-0.39, 0.29) is 28.6 Å². The molecule has 0 bridgehead atoms. The summed E-state index contributed by atoms with van der Waals surface area (Å²) in [4.78, 5) is 31.8. The molecule has 1 N–H and O–H groups in total. The standard InChI is InChI=1S/C22H26FN5O2/c1-15(2)9-11-28-19(16-5-7-17(23)8-6-16)14-27-13-18(25-20(27)22(28)30)21(29)24-10-12-26(3)4/h5-9,13-14H,10-12H2,1-4H3,(H,24,29). The number of hydrogen-bond acceptors (Lipinski definition) is 4. The van der Waals surface area contributed by atoms with Gasteiger partial charge in [-0.15, -0.1) is 0 Å². The van der Waals surface area contributed by atoms with E-state index in [1.54, 1.807) is 33.5 Å². The molecule has 0 radical (unpaired) electrons. The molecule has 2 aromatic heterocycles. The van der Waals surface area contributed by atoms with Gasteiger partial charge in [-0.25, -0.2) is 9.37 Å². The van der Waals surface area contributed by atoms with Crippen LogP contribution < -0.4 is 10.9 Å². The molecule has 1 amide bonds. The molecule has 3 rings (SSSR count). The molecule has 0 aliphatic rings. The maximum Gasteiger partial charge on any atom is 0.295 e. The van der Waals surface area contributed by atoms with Crippen molar-refractivity contribution in [2.24, 2.45) is 0 Å². The molecule has 0 saturated heterocycles. The minimum atomic E-state index is -0.350. The summed E-state index contributed by atoms with van der Waals surface area (Å²) in [5, 5.41) is 2.80. The highest BCUT2D eigenvalue weighted by Gasteiger charge is 2.16. The first-order valence-corrected chi connectivity index (χ1v) is 9.71. The number of halogens is 1. The highest BCUT2D eigenvalue weighted by molar-refractivity contribution is 5.92. The largest absolute Gasteiger partial charge is 0.349 e. The van der Waals surface area contributed by atoms with Gasteiger partial charge in [-0.05, 0) is 57.8 Å². The number of aromatic nitrogens is 3. The van der Waals surface area contributed by atoms with Gasteiger partial charge in [0.2, 0.25) is 5.65 Å². The maximum absolute atomic E-state index is 13.4. The van der Waals surface area contributed by atoms with E-state index in [0.717, 1.165) is 5.57 Å². The second kappa shape index (κ2) is 9.04. The SMILES string of the molecule is CC(C)=CCn1c(-c2ccc(F)cc2)cn2cc(C(=O)NCCN(C)C)nc2c1=O. The molecule has 30 heavy (non-hydrogen) atoms. The minimum absolute atomic E-state index is 0.167. The lowest BCUT2D eigenvalue weighted by Crippen LogP contribution is -2.31. The van der Waals surface area contributed by atoms with Crippen LogP contribution in [0.2, 0.25) is 0 Å². The lowest BCUT2D eigenvalue weighted by atomic mass is 10.1. The first-order chi connectivity index (χ1) is 14.3. The number of rotatable bonds is 7. The summed E-state index contributed by atoms with van der Waals surface area (Å²) in [7, 11) is 3.84. The third-order valence-corrected chi connectivity index (χ3v) is 4.62. The molecular weight excluding hydrogens is 385 g/mol. The fraction of sp³-hybridized carbons (Fsp3) is 0.318. The van der Waals surface area contributed by atoms with Gasteiger partial charge < -0.3 is 10.2 Å². The number of carbonyl (C=O) groups is 1. The zero-order valence-electron chi connectivity index (χ0n) is 17.6. The third kappa shape index (κ3) is 4.83. The normalized spacial score (nSPS) is 11.1. The number of allylic oxidation sites excluding steroid dienone is 2. The van der Waals surface area contributed by atoms with Crippen LogP contribution in [0.3, 0.4) is 0 Å². The summed E-state index contributed by atoms with van der Waals surface area (Å²) >= 11 is 0. The first kappa shape index (κ1) is 21.4. The highest BCUT2D eigenvalue weighted by atomic mass is 19.1. The van der Waals surface area contributed by atoms with Crippen molar-refractivity contribution in [1.82, 2.24) is 24.2 Å². The van der Waals surface area contributed by atoms with Gasteiger partial charge in [0, 0.05) is 32.0 Å². The summed E-state index contributed by atoms with van der Waals surface area (Å²) in [6, 6.07) is 5.96. The van der Waals surface area contributed by atoms with Crippen molar-refractivity contribution in [2.45, 2.75) is 20.4 Å². The van der Waals surface area contributed by atoms with Gasteiger partial charge in [0.25, 0.3) is 11.5 Å². The molecule has 7 nitrogen and oxygen atoms in total. The maximum atomic E-state index is 13.4. The quantitative estimate of drug-likeness (QED) is 0.607. The number of likely N-dealkylation sites (N-methyl/N-ethyl adjacent to an activating group) is 1. The summed E-state index contributed by atoms with van der Waals surface area (Å²) < 4.78 is 16.5. The van der Waals surface area contributed by atoms with Crippen LogP contribution in [0.15, 0.2) is 53.1 Å². The Morgan fingerprint density at radius 1 is 1.20 bits per heavy atom. The van der Waals surface area contributed by atoms with Crippen LogP contribution >= 0.6 is 0 Å². The Bertz CT molecular complexity index is 1140. The Morgan fingerprint density at radius 3 is 2.53 bits per heavy atom. The number of nitrogens with zero attached hydrogens (tertiary/aromatic N) is 4. The molecule has 0 saturated carbocycles. The number of hydrogen-bond donors (Lipinski definition) is 1. The van der Waals surface area contributed by atoms with Gasteiger partial charge >= 0.3 is 0 Å². The van der Waals surface area contributed by atoms with Crippen LogP contribution in [0.4, 0.5) is 4.39 Å². The van der Waals surface area contributed by atoms with Crippen molar-refractivity contribution in [3.8, 4) is 11.3 Å². The predicted molar refractivity (Wildman–Crippen MR) is 115 cm³/mol. The molecule has 2 heterocycles. The van der Waals surface area contributed by atoms with E-state index in [9.17, 15) is 14.0 Å². The number of nitrogens with one attached hydrogen (secondary N) is 1. The Morgan fingerprint density at radius 2 is 1.90 bits per heavy atom. The third-order valence-electron chi connectivity index (χ3n) is 4.62. The van der Waals surface area contributed by atoms with Crippen LogP contribution in [0.5, 0.6) is 0 Å². The van der Waals surface area contributed by atoms with Crippen LogP contribution in [-0.2, 0) is 6.54 Å². The van der Waals surface area contributed by atoms with Crippen molar-refractivity contribution >= 4 is 11.6 Å². The molecule has 0 spiro atoms. The number of benzene rings is 1. The smallest absolute Gasteiger partial charge is 0.295 e. The fourth-order valence-electron chi connectivity index (χ4n) is 2.98. The van der Waals surface area contributed by atoms with Crippen molar-refractivity contribution < 1.29 is 9.18 Å². The van der Waals surface area contributed by atoms with Gasteiger partial charge in [0.1, 0.15) is 11.5 Å². The van der Waals surface area contributed by atoms with E-state index >= 15 is 0 Å². The average Bonchev–Trinajstić information content (AvgIpc) is 3.12. The van der Waals surface area contributed by atoms with Crippen LogP contribution in [0.1, 0.15) is 24.3 Å². The van der Waals surface area contributed by atoms with E-state index in [1.165, 1.54) is 12.1 Å². The van der Waals surface area contributed by atoms with E-state index in [2.05, 4.69) is 10.3 Å². The summed E-state index contributed by atoms with van der Waals surface area (Å²) in [6.45, 7) is 5.43. The van der Waals surface area contributed by atoms with Crippen molar-refractivity contribution in [3.63, 3.8) is 0 Å². The lowest BCUT2D eigenvalue weighted by Gasteiger charge is -2.12. The first-order valence-electron chi connectivity index (χ1n) is 9.71. The second-order valence-electron chi connectivity index (χ2n) is 7.63. The number of amides is 1. The molecule has 0 aliphatic heterocycles. The number of imidazole rings is 1. The van der Waals surface area contributed by atoms with Gasteiger partial charge in [-0.2, -0.15) is 0 Å².